The van der Waals surface area contributed by atoms with Gasteiger partial charge in [0.1, 0.15) is 0 Å². The summed E-state index contributed by atoms with van der Waals surface area (Å²) in [5.41, 5.74) is 1.20. The van der Waals surface area contributed by atoms with Crippen LogP contribution < -0.4 is 0 Å². The van der Waals surface area contributed by atoms with Gasteiger partial charge < -0.3 is 9.47 Å². The summed E-state index contributed by atoms with van der Waals surface area (Å²) in [4.78, 5) is 14.2. The first-order valence-corrected chi connectivity index (χ1v) is 6.92. The Bertz CT molecular complexity index is 368. The lowest BCUT2D eigenvalue weighted by molar-refractivity contribution is -0.132. The summed E-state index contributed by atoms with van der Waals surface area (Å²) in [5.74, 6) is 0.703. The molecule has 1 amide bonds. The van der Waals surface area contributed by atoms with Gasteiger partial charge in [-0.15, -0.1) is 0 Å². The van der Waals surface area contributed by atoms with Crippen molar-refractivity contribution in [2.75, 3.05) is 6.54 Å². The number of hydrogen-bond donors (Lipinski definition) is 0. The van der Waals surface area contributed by atoms with Crippen molar-refractivity contribution in [2.24, 2.45) is 13.0 Å². The summed E-state index contributed by atoms with van der Waals surface area (Å²) in [6, 6.07) is 4.11. The van der Waals surface area contributed by atoms with E-state index in [2.05, 4.69) is 31.4 Å². The molecule has 0 atom stereocenters. The van der Waals surface area contributed by atoms with Gasteiger partial charge in [0.05, 0.1) is 6.54 Å². The minimum absolute atomic E-state index is 0.277. The van der Waals surface area contributed by atoms with E-state index < -0.39 is 0 Å². The van der Waals surface area contributed by atoms with Crippen LogP contribution in [0.3, 0.4) is 0 Å². The van der Waals surface area contributed by atoms with Gasteiger partial charge in [-0.3, -0.25) is 4.79 Å². The Hall–Kier alpha value is -1.25. The Balaban J connectivity index is 2.66. The molecule has 0 N–H and O–H groups in total. The van der Waals surface area contributed by atoms with Crippen molar-refractivity contribution in [3.8, 4) is 0 Å². The highest BCUT2D eigenvalue weighted by molar-refractivity contribution is 5.76. The Morgan fingerprint density at radius 2 is 2.17 bits per heavy atom. The number of amides is 1. The first-order valence-electron chi connectivity index (χ1n) is 6.92. The molecular weight excluding hydrogens is 224 g/mol. The first-order chi connectivity index (χ1) is 8.54. The van der Waals surface area contributed by atoms with E-state index in [1.165, 1.54) is 5.69 Å². The zero-order valence-electron chi connectivity index (χ0n) is 12.1. The van der Waals surface area contributed by atoms with Gasteiger partial charge in [-0.1, -0.05) is 27.2 Å². The van der Waals surface area contributed by atoms with Crippen molar-refractivity contribution >= 4 is 5.91 Å². The average molecular weight is 250 g/mol. The van der Waals surface area contributed by atoms with Crippen LogP contribution >= 0.6 is 0 Å². The quantitative estimate of drug-likeness (QED) is 0.729. The van der Waals surface area contributed by atoms with Gasteiger partial charge in [0.15, 0.2) is 0 Å². The number of carbonyl (C=O) groups excluding carboxylic acids is 1. The molecule has 0 bridgehead atoms. The maximum Gasteiger partial charge on any atom is 0.223 e. The molecule has 0 aromatic carbocycles. The van der Waals surface area contributed by atoms with Crippen molar-refractivity contribution in [3.05, 3.63) is 24.0 Å². The molecule has 102 valence electrons. The lowest BCUT2D eigenvalue weighted by atomic mass is 10.1. The standard InChI is InChI=1S/C15H26N2O/c1-5-6-10-17(15(18)11-13(2)3)12-14-8-7-9-16(14)4/h7-9,13H,5-6,10-12H2,1-4H3. The van der Waals surface area contributed by atoms with E-state index in [0.717, 1.165) is 25.9 Å². The molecule has 0 fully saturated rings. The molecular formula is C15H26N2O. The first kappa shape index (κ1) is 14.8. The van der Waals surface area contributed by atoms with E-state index >= 15 is 0 Å². The summed E-state index contributed by atoms with van der Waals surface area (Å²) in [5, 5.41) is 0. The molecule has 0 radical (unpaired) electrons. The summed E-state index contributed by atoms with van der Waals surface area (Å²) >= 11 is 0. The Morgan fingerprint density at radius 3 is 2.67 bits per heavy atom. The maximum absolute atomic E-state index is 12.2. The molecule has 1 rings (SSSR count). The van der Waals surface area contributed by atoms with Crippen LogP contribution in [0.2, 0.25) is 0 Å². The van der Waals surface area contributed by atoms with E-state index in [4.69, 9.17) is 0 Å². The second kappa shape index (κ2) is 7.24. The van der Waals surface area contributed by atoms with Crippen molar-refractivity contribution in [2.45, 2.75) is 46.6 Å². The van der Waals surface area contributed by atoms with Gasteiger partial charge in [0.2, 0.25) is 5.91 Å². The average Bonchev–Trinajstić information content (AvgIpc) is 2.69. The monoisotopic (exact) mass is 250 g/mol. The van der Waals surface area contributed by atoms with E-state index in [-0.39, 0.29) is 5.91 Å². The summed E-state index contributed by atoms with van der Waals surface area (Å²) in [7, 11) is 2.03. The van der Waals surface area contributed by atoms with Crippen molar-refractivity contribution < 1.29 is 4.79 Å². The maximum atomic E-state index is 12.2. The van der Waals surface area contributed by atoms with E-state index in [1.54, 1.807) is 0 Å². The Morgan fingerprint density at radius 1 is 1.44 bits per heavy atom. The predicted octanol–water partition coefficient (Wildman–Crippen LogP) is 3.20. The summed E-state index contributed by atoms with van der Waals surface area (Å²) in [6.07, 6.45) is 4.88. The van der Waals surface area contributed by atoms with Crippen LogP contribution in [-0.2, 0) is 18.4 Å². The SMILES string of the molecule is CCCCN(Cc1cccn1C)C(=O)CC(C)C. The molecule has 1 aromatic heterocycles. The second-order valence-electron chi connectivity index (χ2n) is 5.38. The fourth-order valence-electron chi connectivity index (χ4n) is 1.98. The number of aromatic nitrogens is 1. The molecule has 0 saturated carbocycles. The van der Waals surface area contributed by atoms with Crippen LogP contribution in [-0.4, -0.2) is 21.9 Å². The minimum atomic E-state index is 0.277. The second-order valence-corrected chi connectivity index (χ2v) is 5.38. The third-order valence-electron chi connectivity index (χ3n) is 3.12. The molecule has 1 heterocycles. The molecule has 0 aliphatic rings. The third-order valence-corrected chi connectivity index (χ3v) is 3.12. The highest BCUT2D eigenvalue weighted by Gasteiger charge is 2.15. The summed E-state index contributed by atoms with van der Waals surface area (Å²) < 4.78 is 2.08. The van der Waals surface area contributed by atoms with Crippen molar-refractivity contribution in [1.82, 2.24) is 9.47 Å². The number of nitrogens with zero attached hydrogens (tertiary/aromatic N) is 2. The normalized spacial score (nSPS) is 10.9. The van der Waals surface area contributed by atoms with Gasteiger partial charge in [-0.2, -0.15) is 0 Å². The Kier molecular flexibility index (Phi) is 5.96. The van der Waals surface area contributed by atoms with Gasteiger partial charge in [0.25, 0.3) is 0 Å². The molecule has 0 saturated heterocycles. The molecule has 18 heavy (non-hydrogen) atoms. The van der Waals surface area contributed by atoms with Gasteiger partial charge in [-0.25, -0.2) is 0 Å². The van der Waals surface area contributed by atoms with E-state index in [1.807, 2.05) is 24.2 Å². The number of unbranched alkanes of at least 4 members (excludes halogenated alkanes) is 1. The highest BCUT2D eigenvalue weighted by atomic mass is 16.2. The minimum Gasteiger partial charge on any atom is -0.353 e. The largest absolute Gasteiger partial charge is 0.353 e. The lowest BCUT2D eigenvalue weighted by Gasteiger charge is -2.24. The number of hydrogen-bond acceptors (Lipinski definition) is 1. The topological polar surface area (TPSA) is 25.2 Å². The van der Waals surface area contributed by atoms with Gasteiger partial charge >= 0.3 is 0 Å². The molecule has 0 aliphatic carbocycles. The van der Waals surface area contributed by atoms with E-state index in [9.17, 15) is 4.79 Å². The van der Waals surface area contributed by atoms with Crippen LogP contribution in [0.15, 0.2) is 18.3 Å². The zero-order chi connectivity index (χ0) is 13.5. The predicted molar refractivity (Wildman–Crippen MR) is 75.2 cm³/mol. The van der Waals surface area contributed by atoms with E-state index in [0.29, 0.717) is 12.3 Å². The van der Waals surface area contributed by atoms with Gasteiger partial charge in [0, 0.05) is 31.9 Å². The summed E-state index contributed by atoms with van der Waals surface area (Å²) in [6.45, 7) is 7.95. The molecule has 3 heteroatoms. The molecule has 0 spiro atoms. The van der Waals surface area contributed by atoms with Crippen LogP contribution in [0.25, 0.3) is 0 Å². The van der Waals surface area contributed by atoms with Crippen LogP contribution in [0.4, 0.5) is 0 Å². The van der Waals surface area contributed by atoms with Crippen molar-refractivity contribution in [3.63, 3.8) is 0 Å². The van der Waals surface area contributed by atoms with Crippen LogP contribution in [0, 0.1) is 5.92 Å². The molecule has 0 aliphatic heterocycles. The lowest BCUT2D eigenvalue weighted by Crippen LogP contribution is -2.32. The molecule has 3 nitrogen and oxygen atoms in total. The number of aryl methyl sites for hydroxylation is 1. The number of rotatable bonds is 7. The van der Waals surface area contributed by atoms with Gasteiger partial charge in [-0.05, 0) is 24.5 Å². The van der Waals surface area contributed by atoms with Crippen LogP contribution in [0.1, 0.15) is 45.7 Å². The third kappa shape index (κ3) is 4.55. The smallest absolute Gasteiger partial charge is 0.223 e. The van der Waals surface area contributed by atoms with Crippen LogP contribution in [0.5, 0.6) is 0 Å². The fraction of sp³-hybridized carbons (Fsp3) is 0.667. The fourth-order valence-corrected chi connectivity index (χ4v) is 1.98. The highest BCUT2D eigenvalue weighted by Crippen LogP contribution is 2.11. The molecule has 1 aromatic rings. The van der Waals surface area contributed by atoms with Crippen molar-refractivity contribution in [1.29, 1.82) is 0 Å². The zero-order valence-corrected chi connectivity index (χ0v) is 12.1. The Labute approximate surface area is 111 Å². The number of carbonyl (C=O) groups is 1. The molecule has 0 unspecified atom stereocenters.